The predicted octanol–water partition coefficient (Wildman–Crippen LogP) is 1.46. The molecule has 1 aliphatic heterocycles. The van der Waals surface area contributed by atoms with Gasteiger partial charge in [0, 0.05) is 31.7 Å². The van der Waals surface area contributed by atoms with E-state index in [1.165, 1.54) is 12.1 Å². The molecule has 7 nitrogen and oxygen atoms in total. The molecule has 1 N–H and O–H groups in total. The Hall–Kier alpha value is -2.32. The number of halogens is 1. The Labute approximate surface area is 139 Å². The topological polar surface area (TPSA) is 80.5 Å². The lowest BCUT2D eigenvalue weighted by molar-refractivity contribution is -0.128. The molecule has 2 heterocycles. The molecular weight excluding hydrogens is 315 g/mol. The van der Waals surface area contributed by atoms with E-state index in [1.54, 1.807) is 19.1 Å². The Kier molecular flexibility index (Phi) is 7.31. The summed E-state index contributed by atoms with van der Waals surface area (Å²) in [5, 5.41) is 7.24. The van der Waals surface area contributed by atoms with E-state index < -0.39 is 0 Å². The van der Waals surface area contributed by atoms with E-state index in [2.05, 4.69) is 25.1 Å². The highest BCUT2D eigenvalue weighted by Crippen LogP contribution is 2.18. The van der Waals surface area contributed by atoms with Gasteiger partial charge in [0.15, 0.2) is 5.82 Å². The zero-order valence-corrected chi connectivity index (χ0v) is 13.6. The van der Waals surface area contributed by atoms with Crippen molar-refractivity contribution in [2.24, 2.45) is 0 Å². The zero-order valence-electron chi connectivity index (χ0n) is 13.6. The van der Waals surface area contributed by atoms with Gasteiger partial charge in [0.05, 0.1) is 13.2 Å². The molecular formula is C16H21FN4O3. The maximum atomic E-state index is 13.1. The van der Waals surface area contributed by atoms with Gasteiger partial charge in [-0.2, -0.15) is 4.98 Å². The van der Waals surface area contributed by atoms with E-state index in [0.717, 1.165) is 26.2 Å². The first-order valence-electron chi connectivity index (χ1n) is 7.79. The Morgan fingerprint density at radius 2 is 2.21 bits per heavy atom. The number of nitrogens with one attached hydrogen (secondary N) is 1. The number of nitrogens with zero attached hydrogens (tertiary/aromatic N) is 3. The summed E-state index contributed by atoms with van der Waals surface area (Å²) in [6, 6.07) is 6.17. The van der Waals surface area contributed by atoms with E-state index in [4.69, 9.17) is 4.52 Å². The number of ether oxygens (including phenoxy) is 1. The van der Waals surface area contributed by atoms with E-state index in [0.29, 0.717) is 36.9 Å². The highest BCUT2D eigenvalue weighted by Gasteiger charge is 2.14. The van der Waals surface area contributed by atoms with Gasteiger partial charge < -0.3 is 14.6 Å². The lowest BCUT2D eigenvalue weighted by Crippen LogP contribution is -2.43. The Balaban J connectivity index is 0.000000368. The second kappa shape index (κ2) is 9.74. The van der Waals surface area contributed by atoms with Crippen molar-refractivity contribution in [3.05, 3.63) is 35.9 Å². The molecule has 1 aliphatic rings. The maximum absolute atomic E-state index is 13.1. The molecule has 0 aliphatic carbocycles. The van der Waals surface area contributed by atoms with E-state index in [-0.39, 0.29) is 5.82 Å². The van der Waals surface area contributed by atoms with Crippen molar-refractivity contribution in [2.45, 2.75) is 13.5 Å². The van der Waals surface area contributed by atoms with Gasteiger partial charge in [0.1, 0.15) is 5.82 Å². The first-order valence-corrected chi connectivity index (χ1v) is 7.79. The van der Waals surface area contributed by atoms with Gasteiger partial charge in [-0.3, -0.25) is 9.69 Å². The molecule has 0 saturated carbocycles. The average Bonchev–Trinajstić information content (AvgIpc) is 3.06. The second-order valence-electron chi connectivity index (χ2n) is 5.10. The number of rotatable bonds is 5. The molecule has 24 heavy (non-hydrogen) atoms. The number of aromatic nitrogens is 2. The normalized spacial score (nSPS) is 14.6. The minimum absolute atomic E-state index is 0.306. The number of piperazine rings is 1. The summed E-state index contributed by atoms with van der Waals surface area (Å²) in [5.74, 6) is 0.699. The first-order chi connectivity index (χ1) is 11.7. The summed E-state index contributed by atoms with van der Waals surface area (Å²) >= 11 is 0. The van der Waals surface area contributed by atoms with Gasteiger partial charge in [0.2, 0.25) is 0 Å². The van der Waals surface area contributed by atoms with Gasteiger partial charge in [-0.05, 0) is 25.1 Å². The van der Waals surface area contributed by atoms with Crippen LogP contribution in [0.25, 0.3) is 11.5 Å². The maximum Gasteiger partial charge on any atom is 0.293 e. The van der Waals surface area contributed by atoms with E-state index in [9.17, 15) is 9.18 Å². The smallest absolute Gasteiger partial charge is 0.293 e. The van der Waals surface area contributed by atoms with Gasteiger partial charge in [0.25, 0.3) is 12.4 Å². The van der Waals surface area contributed by atoms with Crippen LogP contribution in [-0.4, -0.2) is 54.3 Å². The van der Waals surface area contributed by atoms with Crippen molar-refractivity contribution >= 4 is 6.47 Å². The molecule has 1 saturated heterocycles. The van der Waals surface area contributed by atoms with Gasteiger partial charge in [-0.25, -0.2) is 4.39 Å². The van der Waals surface area contributed by atoms with Crippen LogP contribution in [0.3, 0.4) is 0 Å². The van der Waals surface area contributed by atoms with Crippen LogP contribution in [0.1, 0.15) is 12.7 Å². The molecule has 1 aromatic heterocycles. The fraction of sp³-hybridized carbons (Fsp3) is 0.438. The number of carbonyl (C=O) groups excluding carboxylic acids is 1. The van der Waals surface area contributed by atoms with Crippen molar-refractivity contribution < 1.29 is 18.4 Å². The van der Waals surface area contributed by atoms with Crippen LogP contribution < -0.4 is 5.32 Å². The molecule has 1 fully saturated rings. The standard InChI is InChI=1S/C13H15FN4O.C3H6O2/c14-11-3-1-2-10(8-11)13-16-12(17-19-13)9-18-6-4-15-5-7-18;1-2-5-3-4/h1-3,8,15H,4-7,9H2;3H,2H2,1H3. The summed E-state index contributed by atoms with van der Waals surface area (Å²) in [5.41, 5.74) is 0.610. The van der Waals surface area contributed by atoms with Gasteiger partial charge >= 0.3 is 0 Å². The fourth-order valence-corrected chi connectivity index (χ4v) is 2.19. The van der Waals surface area contributed by atoms with Gasteiger partial charge in [-0.15, -0.1) is 0 Å². The molecule has 0 unspecified atom stereocenters. The summed E-state index contributed by atoms with van der Waals surface area (Å²) in [6.07, 6.45) is 0. The van der Waals surface area contributed by atoms with Crippen LogP contribution in [0.2, 0.25) is 0 Å². The van der Waals surface area contributed by atoms with Crippen LogP contribution >= 0.6 is 0 Å². The quantitative estimate of drug-likeness (QED) is 0.828. The van der Waals surface area contributed by atoms with Crippen LogP contribution in [-0.2, 0) is 16.1 Å². The lowest BCUT2D eigenvalue weighted by atomic mass is 10.2. The SMILES string of the molecule is CCOC=O.Fc1cccc(-c2nc(CN3CCNCC3)no2)c1. The number of carbonyl (C=O) groups is 1. The highest BCUT2D eigenvalue weighted by molar-refractivity contribution is 5.52. The van der Waals surface area contributed by atoms with E-state index in [1.807, 2.05) is 0 Å². The molecule has 0 amide bonds. The fourth-order valence-electron chi connectivity index (χ4n) is 2.19. The minimum Gasteiger partial charge on any atom is -0.468 e. The number of hydrogen-bond acceptors (Lipinski definition) is 7. The molecule has 0 spiro atoms. The largest absolute Gasteiger partial charge is 0.468 e. The molecule has 0 radical (unpaired) electrons. The van der Waals surface area contributed by atoms with Crippen LogP contribution in [0.4, 0.5) is 4.39 Å². The minimum atomic E-state index is -0.306. The van der Waals surface area contributed by atoms with Crippen LogP contribution in [0.15, 0.2) is 28.8 Å². The third-order valence-electron chi connectivity index (χ3n) is 3.35. The van der Waals surface area contributed by atoms with Crippen molar-refractivity contribution in [3.8, 4) is 11.5 Å². The molecule has 8 heteroatoms. The summed E-state index contributed by atoms with van der Waals surface area (Å²) in [4.78, 5) is 15.8. The molecule has 1 aromatic carbocycles. The Bertz CT molecular complexity index is 629. The van der Waals surface area contributed by atoms with E-state index >= 15 is 0 Å². The molecule has 3 rings (SSSR count). The van der Waals surface area contributed by atoms with Crippen LogP contribution in [0, 0.1) is 5.82 Å². The van der Waals surface area contributed by atoms with Crippen molar-refractivity contribution in [1.29, 1.82) is 0 Å². The second-order valence-corrected chi connectivity index (χ2v) is 5.10. The summed E-state index contributed by atoms with van der Waals surface area (Å²) in [6.45, 7) is 7.25. The first kappa shape index (κ1) is 18.0. The Morgan fingerprint density at radius 3 is 2.83 bits per heavy atom. The van der Waals surface area contributed by atoms with Crippen molar-refractivity contribution in [1.82, 2.24) is 20.4 Å². The monoisotopic (exact) mass is 336 g/mol. The summed E-state index contributed by atoms with van der Waals surface area (Å²) in [7, 11) is 0. The molecule has 130 valence electrons. The predicted molar refractivity (Wildman–Crippen MR) is 85.5 cm³/mol. The molecule has 0 atom stereocenters. The van der Waals surface area contributed by atoms with Crippen molar-refractivity contribution in [3.63, 3.8) is 0 Å². The number of hydrogen-bond donors (Lipinski definition) is 1. The van der Waals surface area contributed by atoms with Crippen molar-refractivity contribution in [2.75, 3.05) is 32.8 Å². The molecule has 0 bridgehead atoms. The number of benzene rings is 1. The highest BCUT2D eigenvalue weighted by atomic mass is 19.1. The molecule has 2 aromatic rings. The summed E-state index contributed by atoms with van der Waals surface area (Å²) < 4.78 is 22.5. The average molecular weight is 336 g/mol. The zero-order chi connectivity index (χ0) is 17.2. The Morgan fingerprint density at radius 1 is 1.42 bits per heavy atom. The third kappa shape index (κ3) is 5.71. The van der Waals surface area contributed by atoms with Gasteiger partial charge in [-0.1, -0.05) is 11.2 Å². The lowest BCUT2D eigenvalue weighted by Gasteiger charge is -2.25. The third-order valence-corrected chi connectivity index (χ3v) is 3.35. The van der Waals surface area contributed by atoms with Crippen LogP contribution in [0.5, 0.6) is 0 Å².